The number of hydrogen-bond acceptors (Lipinski definition) is 4. The molecular formula is C27H33Cl2N3O2. The number of nitrogens with one attached hydrogen (secondary N) is 1. The van der Waals surface area contributed by atoms with Gasteiger partial charge in [0.1, 0.15) is 5.75 Å². The van der Waals surface area contributed by atoms with Crippen molar-refractivity contribution < 1.29 is 9.53 Å². The molecule has 1 aliphatic carbocycles. The van der Waals surface area contributed by atoms with E-state index in [1.54, 1.807) is 0 Å². The lowest BCUT2D eigenvalue weighted by Crippen LogP contribution is -2.48. The number of carbonyl (C=O) groups is 1. The molecular weight excluding hydrogens is 469 g/mol. The summed E-state index contributed by atoms with van der Waals surface area (Å²) in [5, 5.41) is 4.25. The van der Waals surface area contributed by atoms with E-state index in [0.29, 0.717) is 22.4 Å². The van der Waals surface area contributed by atoms with Crippen molar-refractivity contribution in [1.82, 2.24) is 4.90 Å². The number of benzene rings is 2. The molecule has 1 saturated carbocycles. The molecule has 0 aromatic heterocycles. The molecule has 0 radical (unpaired) electrons. The van der Waals surface area contributed by atoms with E-state index in [1.807, 2.05) is 24.3 Å². The maximum absolute atomic E-state index is 11.7. The van der Waals surface area contributed by atoms with Gasteiger partial charge in [-0.25, -0.2) is 0 Å². The predicted molar refractivity (Wildman–Crippen MR) is 139 cm³/mol. The van der Waals surface area contributed by atoms with Crippen LogP contribution in [-0.2, 0) is 11.2 Å². The van der Waals surface area contributed by atoms with Crippen LogP contribution in [0, 0.1) is 11.8 Å². The third kappa shape index (κ3) is 5.64. The van der Waals surface area contributed by atoms with E-state index >= 15 is 0 Å². The van der Waals surface area contributed by atoms with Crippen molar-refractivity contribution in [1.29, 1.82) is 0 Å². The average molecular weight is 502 g/mol. The number of nitrogens with zero attached hydrogens (tertiary/aromatic N) is 2. The van der Waals surface area contributed by atoms with Gasteiger partial charge in [-0.05, 0) is 67.7 Å². The molecule has 0 unspecified atom stereocenters. The Labute approximate surface area is 212 Å². The van der Waals surface area contributed by atoms with Crippen molar-refractivity contribution in [2.24, 2.45) is 11.8 Å². The Morgan fingerprint density at radius 3 is 2.50 bits per heavy atom. The van der Waals surface area contributed by atoms with E-state index in [4.69, 9.17) is 27.9 Å². The van der Waals surface area contributed by atoms with E-state index in [9.17, 15) is 4.79 Å². The van der Waals surface area contributed by atoms with Gasteiger partial charge in [0.2, 0.25) is 5.91 Å². The highest BCUT2D eigenvalue weighted by atomic mass is 35.5. The van der Waals surface area contributed by atoms with Crippen molar-refractivity contribution in [3.63, 3.8) is 0 Å². The number of fused-ring (bicyclic) bond motifs is 1. The zero-order valence-corrected chi connectivity index (χ0v) is 21.1. The second-order valence-corrected chi connectivity index (χ2v) is 10.7. The van der Waals surface area contributed by atoms with Gasteiger partial charge in [-0.1, -0.05) is 35.3 Å². The quantitative estimate of drug-likeness (QED) is 0.536. The summed E-state index contributed by atoms with van der Waals surface area (Å²) >= 11 is 12.6. The molecule has 34 heavy (non-hydrogen) atoms. The molecule has 1 amide bonds. The van der Waals surface area contributed by atoms with Gasteiger partial charge in [-0.3, -0.25) is 9.69 Å². The summed E-state index contributed by atoms with van der Waals surface area (Å²) < 4.78 is 6.12. The summed E-state index contributed by atoms with van der Waals surface area (Å²) in [5.74, 6) is 2.35. The van der Waals surface area contributed by atoms with Crippen LogP contribution in [0.2, 0.25) is 10.0 Å². The molecule has 5 rings (SSSR count). The molecule has 7 heteroatoms. The van der Waals surface area contributed by atoms with Crippen molar-refractivity contribution in [2.45, 2.75) is 38.5 Å². The molecule has 2 aromatic rings. The van der Waals surface area contributed by atoms with Crippen LogP contribution in [0.25, 0.3) is 0 Å². The molecule has 1 saturated heterocycles. The first-order valence-electron chi connectivity index (χ1n) is 12.5. The van der Waals surface area contributed by atoms with E-state index in [-0.39, 0.29) is 5.91 Å². The lowest BCUT2D eigenvalue weighted by Gasteiger charge is -2.39. The first-order chi connectivity index (χ1) is 16.5. The number of carbonyl (C=O) groups excluding carboxylic acids is 1. The molecule has 0 bridgehead atoms. The molecule has 0 atom stereocenters. The van der Waals surface area contributed by atoms with Crippen LogP contribution < -0.4 is 15.0 Å². The molecule has 2 fully saturated rings. The van der Waals surface area contributed by atoms with Gasteiger partial charge in [0.05, 0.1) is 22.3 Å². The van der Waals surface area contributed by atoms with Gasteiger partial charge in [-0.15, -0.1) is 0 Å². The van der Waals surface area contributed by atoms with Crippen molar-refractivity contribution >= 4 is 40.5 Å². The monoisotopic (exact) mass is 501 g/mol. The van der Waals surface area contributed by atoms with Crippen LogP contribution in [0.1, 0.15) is 37.7 Å². The Bertz CT molecular complexity index is 1010. The van der Waals surface area contributed by atoms with Gasteiger partial charge in [-0.2, -0.15) is 0 Å². The number of aryl methyl sites for hydroxylation is 1. The first kappa shape index (κ1) is 23.8. The standard InChI is InChI=1S/C27H33Cl2N3O2/c28-23-2-1-3-25(27(23)29)32-14-12-31(13-15-32)17-19-4-6-20(7-5-19)18-34-22-10-8-21-9-11-26(33)30-24(21)16-22/h1-3,8,10,16,19-20H,4-7,9,11-15,17-18H2,(H,30,33). The number of rotatable bonds is 6. The molecule has 5 nitrogen and oxygen atoms in total. The normalized spacial score (nSPS) is 23.4. The zero-order chi connectivity index (χ0) is 23.5. The highest BCUT2D eigenvalue weighted by Gasteiger charge is 2.26. The molecule has 3 aliphatic rings. The fourth-order valence-electron chi connectivity index (χ4n) is 5.51. The fraction of sp³-hybridized carbons (Fsp3) is 0.519. The Morgan fingerprint density at radius 1 is 0.941 bits per heavy atom. The second kappa shape index (κ2) is 10.8. The highest BCUT2D eigenvalue weighted by Crippen LogP contribution is 2.34. The lowest BCUT2D eigenvalue weighted by atomic mass is 9.82. The number of halogens is 2. The summed E-state index contributed by atoms with van der Waals surface area (Å²) in [6.45, 7) is 6.07. The van der Waals surface area contributed by atoms with Crippen LogP contribution in [0.5, 0.6) is 5.75 Å². The van der Waals surface area contributed by atoms with Gasteiger partial charge in [0.15, 0.2) is 0 Å². The van der Waals surface area contributed by atoms with Crippen molar-refractivity contribution in [3.05, 3.63) is 52.0 Å². The Balaban J connectivity index is 1.03. The summed E-state index contributed by atoms with van der Waals surface area (Å²) in [5.41, 5.74) is 3.16. The summed E-state index contributed by atoms with van der Waals surface area (Å²) in [4.78, 5) is 16.6. The number of amides is 1. The minimum absolute atomic E-state index is 0.0950. The largest absolute Gasteiger partial charge is 0.493 e. The average Bonchev–Trinajstić information content (AvgIpc) is 2.85. The van der Waals surface area contributed by atoms with E-state index in [0.717, 1.165) is 62.2 Å². The molecule has 182 valence electrons. The Morgan fingerprint density at radius 2 is 1.71 bits per heavy atom. The smallest absolute Gasteiger partial charge is 0.224 e. The first-order valence-corrected chi connectivity index (χ1v) is 13.3. The molecule has 2 aromatic carbocycles. The van der Waals surface area contributed by atoms with E-state index in [2.05, 4.69) is 27.2 Å². The van der Waals surface area contributed by atoms with Crippen LogP contribution in [0.3, 0.4) is 0 Å². The Hall–Kier alpha value is -1.95. The molecule has 0 spiro atoms. The van der Waals surface area contributed by atoms with Crippen molar-refractivity contribution in [2.75, 3.05) is 49.5 Å². The van der Waals surface area contributed by atoms with E-state index in [1.165, 1.54) is 37.8 Å². The third-order valence-electron chi connectivity index (χ3n) is 7.59. The van der Waals surface area contributed by atoms with Gasteiger partial charge >= 0.3 is 0 Å². The summed E-state index contributed by atoms with van der Waals surface area (Å²) in [6, 6.07) is 12.0. The van der Waals surface area contributed by atoms with E-state index < -0.39 is 0 Å². The number of anilines is 2. The fourth-order valence-corrected chi connectivity index (χ4v) is 5.92. The minimum atomic E-state index is 0.0950. The molecule has 1 N–H and O–H groups in total. The summed E-state index contributed by atoms with van der Waals surface area (Å²) in [6.07, 6.45) is 6.38. The van der Waals surface area contributed by atoms with Gasteiger partial charge in [0.25, 0.3) is 0 Å². The SMILES string of the molecule is O=C1CCc2ccc(OCC3CCC(CN4CCN(c5cccc(Cl)c5Cl)CC4)CC3)cc2N1. The molecule has 2 aliphatic heterocycles. The zero-order valence-electron chi connectivity index (χ0n) is 19.6. The van der Waals surface area contributed by atoms with Gasteiger partial charge < -0.3 is 15.0 Å². The van der Waals surface area contributed by atoms with Crippen LogP contribution in [0.4, 0.5) is 11.4 Å². The minimum Gasteiger partial charge on any atom is -0.493 e. The summed E-state index contributed by atoms with van der Waals surface area (Å²) in [7, 11) is 0. The second-order valence-electron chi connectivity index (χ2n) is 9.93. The van der Waals surface area contributed by atoms with Crippen LogP contribution in [0.15, 0.2) is 36.4 Å². The highest BCUT2D eigenvalue weighted by molar-refractivity contribution is 6.43. The Kier molecular flexibility index (Phi) is 7.52. The topological polar surface area (TPSA) is 44.8 Å². The number of ether oxygens (including phenoxy) is 1. The lowest BCUT2D eigenvalue weighted by molar-refractivity contribution is -0.116. The van der Waals surface area contributed by atoms with Crippen LogP contribution >= 0.6 is 23.2 Å². The number of piperazine rings is 1. The number of hydrogen-bond donors (Lipinski definition) is 1. The maximum Gasteiger partial charge on any atom is 0.224 e. The predicted octanol–water partition coefficient (Wildman–Crippen LogP) is 5.89. The molecule has 2 heterocycles. The van der Waals surface area contributed by atoms with Crippen molar-refractivity contribution in [3.8, 4) is 5.75 Å². The van der Waals surface area contributed by atoms with Gasteiger partial charge in [0, 0.05) is 50.9 Å². The maximum atomic E-state index is 11.7. The van der Waals surface area contributed by atoms with Crippen LogP contribution in [-0.4, -0.2) is 50.1 Å². The third-order valence-corrected chi connectivity index (χ3v) is 8.40.